The quantitative estimate of drug-likeness (QED) is 0.818. The van der Waals surface area contributed by atoms with Gasteiger partial charge in [0.2, 0.25) is 0 Å². The van der Waals surface area contributed by atoms with Gasteiger partial charge in [-0.05, 0) is 19.1 Å². The Morgan fingerprint density at radius 2 is 1.68 bits per heavy atom. The van der Waals surface area contributed by atoms with Gasteiger partial charge in [-0.15, -0.1) is 0 Å². The number of aryl methyl sites for hydroxylation is 1. The summed E-state index contributed by atoms with van der Waals surface area (Å²) in [6, 6.07) is 8.96. The monoisotopic (exact) mass is 301 g/mol. The molecular weight excluding hydrogens is 282 g/mol. The molecule has 116 valence electrons. The Morgan fingerprint density at radius 1 is 1.05 bits per heavy atom. The molecule has 1 aromatic carbocycles. The highest BCUT2D eigenvalue weighted by atomic mass is 16.5. The maximum atomic E-state index is 12.8. The number of hydrogen-bond acceptors (Lipinski definition) is 4. The zero-order valence-corrected chi connectivity index (χ0v) is 12.8. The van der Waals surface area contributed by atoms with E-state index in [1.54, 1.807) is 7.05 Å². The second-order valence-electron chi connectivity index (χ2n) is 5.44. The van der Waals surface area contributed by atoms with Crippen molar-refractivity contribution in [3.63, 3.8) is 0 Å². The van der Waals surface area contributed by atoms with Gasteiger partial charge in [-0.3, -0.25) is 9.59 Å². The molecular formula is C16H19N3O3. The lowest BCUT2D eigenvalue weighted by Crippen LogP contribution is -2.44. The third-order valence-corrected chi connectivity index (χ3v) is 3.92. The van der Waals surface area contributed by atoms with Crippen molar-refractivity contribution < 1.29 is 4.74 Å². The highest BCUT2D eigenvalue weighted by Gasteiger charge is 2.18. The van der Waals surface area contributed by atoms with Crippen LogP contribution in [0.25, 0.3) is 5.69 Å². The Kier molecular flexibility index (Phi) is 3.85. The van der Waals surface area contributed by atoms with Gasteiger partial charge >= 0.3 is 0 Å². The van der Waals surface area contributed by atoms with Gasteiger partial charge in [0.15, 0.2) is 0 Å². The van der Waals surface area contributed by atoms with Gasteiger partial charge in [0.25, 0.3) is 11.1 Å². The first-order chi connectivity index (χ1) is 10.6. The molecule has 1 fully saturated rings. The van der Waals surface area contributed by atoms with Gasteiger partial charge < -0.3 is 9.64 Å². The van der Waals surface area contributed by atoms with Crippen LogP contribution in [0, 0.1) is 6.92 Å². The zero-order chi connectivity index (χ0) is 15.7. The van der Waals surface area contributed by atoms with E-state index in [-0.39, 0.29) is 11.1 Å². The SMILES string of the molecule is Cc1ccc(-n2c(=O)c(N3CCOCC3)cc(=O)n2C)cc1. The van der Waals surface area contributed by atoms with E-state index in [0.717, 1.165) is 5.56 Å². The first-order valence-corrected chi connectivity index (χ1v) is 7.31. The molecule has 0 aliphatic carbocycles. The molecule has 0 radical (unpaired) electrons. The predicted molar refractivity (Wildman–Crippen MR) is 85.0 cm³/mol. The molecule has 2 aromatic rings. The molecule has 6 nitrogen and oxygen atoms in total. The average Bonchev–Trinajstić information content (AvgIpc) is 2.54. The highest BCUT2D eigenvalue weighted by Crippen LogP contribution is 2.11. The molecule has 1 aliphatic heterocycles. The number of ether oxygens (including phenoxy) is 1. The summed E-state index contributed by atoms with van der Waals surface area (Å²) in [5.74, 6) is 0. The second-order valence-corrected chi connectivity index (χ2v) is 5.44. The first-order valence-electron chi connectivity index (χ1n) is 7.31. The number of aromatic nitrogens is 2. The Labute approximate surface area is 128 Å². The van der Waals surface area contributed by atoms with Crippen molar-refractivity contribution in [1.29, 1.82) is 0 Å². The predicted octanol–water partition coefficient (Wildman–Crippen LogP) is 0.681. The number of hydrogen-bond donors (Lipinski definition) is 0. The lowest BCUT2D eigenvalue weighted by atomic mass is 10.2. The minimum Gasteiger partial charge on any atom is -0.378 e. The third kappa shape index (κ3) is 2.57. The number of rotatable bonds is 2. The minimum absolute atomic E-state index is 0.187. The zero-order valence-electron chi connectivity index (χ0n) is 12.8. The molecule has 0 unspecified atom stereocenters. The highest BCUT2D eigenvalue weighted by molar-refractivity contribution is 5.46. The Bertz CT molecular complexity index is 784. The minimum atomic E-state index is -0.207. The van der Waals surface area contributed by atoms with Gasteiger partial charge in [-0.25, -0.2) is 9.36 Å². The van der Waals surface area contributed by atoms with E-state index in [1.165, 1.54) is 15.4 Å². The van der Waals surface area contributed by atoms with Crippen LogP contribution in [0.1, 0.15) is 5.56 Å². The van der Waals surface area contributed by atoms with E-state index >= 15 is 0 Å². The van der Waals surface area contributed by atoms with E-state index in [1.807, 2.05) is 36.1 Å². The van der Waals surface area contributed by atoms with Crippen LogP contribution in [0.4, 0.5) is 5.69 Å². The number of benzene rings is 1. The molecule has 1 saturated heterocycles. The van der Waals surface area contributed by atoms with Crippen molar-refractivity contribution in [3.05, 3.63) is 56.6 Å². The van der Waals surface area contributed by atoms with Crippen molar-refractivity contribution in [3.8, 4) is 5.69 Å². The molecule has 0 amide bonds. The molecule has 0 bridgehead atoms. The number of anilines is 1. The van der Waals surface area contributed by atoms with Crippen molar-refractivity contribution >= 4 is 5.69 Å². The Hall–Kier alpha value is -2.34. The molecule has 2 heterocycles. The second kappa shape index (κ2) is 5.81. The average molecular weight is 301 g/mol. The van der Waals surface area contributed by atoms with E-state index in [9.17, 15) is 9.59 Å². The summed E-state index contributed by atoms with van der Waals surface area (Å²) in [7, 11) is 1.60. The maximum absolute atomic E-state index is 12.8. The van der Waals surface area contributed by atoms with E-state index < -0.39 is 0 Å². The van der Waals surface area contributed by atoms with Crippen LogP contribution < -0.4 is 16.0 Å². The summed E-state index contributed by atoms with van der Waals surface area (Å²) in [6.07, 6.45) is 0. The Balaban J connectivity index is 2.17. The number of nitrogens with zero attached hydrogens (tertiary/aromatic N) is 3. The lowest BCUT2D eigenvalue weighted by molar-refractivity contribution is 0.122. The standard InChI is InChI=1S/C16H19N3O3/c1-12-3-5-13(6-4-12)19-16(21)14(11-15(20)17(19)2)18-7-9-22-10-8-18/h3-6,11H,7-10H2,1-2H3. The fourth-order valence-corrected chi connectivity index (χ4v) is 2.62. The molecule has 0 spiro atoms. The molecule has 1 aliphatic rings. The van der Waals surface area contributed by atoms with Crippen molar-refractivity contribution in [2.24, 2.45) is 7.05 Å². The van der Waals surface area contributed by atoms with Crippen molar-refractivity contribution in [1.82, 2.24) is 9.36 Å². The molecule has 22 heavy (non-hydrogen) atoms. The van der Waals surface area contributed by atoms with Gasteiger partial charge in [0.05, 0.1) is 18.9 Å². The summed E-state index contributed by atoms with van der Waals surface area (Å²) < 4.78 is 8.08. The van der Waals surface area contributed by atoms with Crippen LogP contribution >= 0.6 is 0 Å². The van der Waals surface area contributed by atoms with Gasteiger partial charge in [-0.1, -0.05) is 17.7 Å². The van der Waals surface area contributed by atoms with Crippen LogP contribution in [0.3, 0.4) is 0 Å². The van der Waals surface area contributed by atoms with E-state index in [2.05, 4.69) is 0 Å². The maximum Gasteiger partial charge on any atom is 0.293 e. The summed E-state index contributed by atoms with van der Waals surface area (Å²) in [5.41, 5.74) is 1.83. The van der Waals surface area contributed by atoms with Gasteiger partial charge in [0, 0.05) is 26.2 Å². The topological polar surface area (TPSA) is 56.5 Å². The summed E-state index contributed by atoms with van der Waals surface area (Å²) in [6.45, 7) is 4.36. The summed E-state index contributed by atoms with van der Waals surface area (Å²) in [5, 5.41) is 0. The Morgan fingerprint density at radius 3 is 2.32 bits per heavy atom. The molecule has 1 aromatic heterocycles. The van der Waals surface area contributed by atoms with Crippen LogP contribution in [0.2, 0.25) is 0 Å². The van der Waals surface area contributed by atoms with Crippen molar-refractivity contribution in [2.75, 3.05) is 31.2 Å². The van der Waals surface area contributed by atoms with Crippen LogP contribution in [0.15, 0.2) is 39.9 Å². The third-order valence-electron chi connectivity index (χ3n) is 3.92. The summed E-state index contributed by atoms with van der Waals surface area (Å²) in [4.78, 5) is 27.0. The van der Waals surface area contributed by atoms with Crippen LogP contribution in [0.5, 0.6) is 0 Å². The molecule has 0 N–H and O–H groups in total. The molecule has 3 rings (SSSR count). The fourth-order valence-electron chi connectivity index (χ4n) is 2.62. The largest absolute Gasteiger partial charge is 0.378 e. The number of morpholine rings is 1. The van der Waals surface area contributed by atoms with Crippen LogP contribution in [-0.4, -0.2) is 35.7 Å². The van der Waals surface area contributed by atoms with E-state index in [4.69, 9.17) is 4.74 Å². The molecule has 6 heteroatoms. The van der Waals surface area contributed by atoms with Crippen LogP contribution in [-0.2, 0) is 11.8 Å². The van der Waals surface area contributed by atoms with Gasteiger partial charge in [-0.2, -0.15) is 0 Å². The fraction of sp³-hybridized carbons (Fsp3) is 0.375. The first kappa shape index (κ1) is 14.6. The summed E-state index contributed by atoms with van der Waals surface area (Å²) >= 11 is 0. The molecule has 0 atom stereocenters. The van der Waals surface area contributed by atoms with E-state index in [0.29, 0.717) is 37.7 Å². The van der Waals surface area contributed by atoms with Gasteiger partial charge in [0.1, 0.15) is 5.69 Å². The molecule has 0 saturated carbocycles. The smallest absolute Gasteiger partial charge is 0.293 e. The lowest BCUT2D eigenvalue weighted by Gasteiger charge is -2.28. The normalized spacial score (nSPS) is 15.1. The van der Waals surface area contributed by atoms with Crippen molar-refractivity contribution in [2.45, 2.75) is 6.92 Å².